The number of benzene rings is 1. The highest BCUT2D eigenvalue weighted by Crippen LogP contribution is 2.38. The predicted octanol–water partition coefficient (Wildman–Crippen LogP) is 3.13. The van der Waals surface area contributed by atoms with Crippen LogP contribution in [0.4, 0.5) is 0 Å². The van der Waals surface area contributed by atoms with Crippen LogP contribution in [0.15, 0.2) is 6.07 Å². The van der Waals surface area contributed by atoms with Crippen molar-refractivity contribution in [3.05, 3.63) is 17.2 Å². The third-order valence-electron chi connectivity index (χ3n) is 2.99. The Kier molecular flexibility index (Phi) is 5.01. The van der Waals surface area contributed by atoms with E-state index in [4.69, 9.17) is 0 Å². The Bertz CT molecular complexity index is 438. The molecule has 0 radical (unpaired) electrons. The molecule has 0 aliphatic rings. The molecule has 0 bridgehead atoms. The molecular formula is C14H20O4. The van der Waals surface area contributed by atoms with Gasteiger partial charge in [0.25, 0.3) is 0 Å². The Morgan fingerprint density at radius 3 is 2.33 bits per heavy atom. The molecule has 100 valence electrons. The number of phenolic OH excluding ortho intramolecular Hbond substituents is 3. The van der Waals surface area contributed by atoms with Crippen molar-refractivity contribution in [2.75, 3.05) is 0 Å². The lowest BCUT2D eigenvalue weighted by Gasteiger charge is -2.12. The van der Waals surface area contributed by atoms with Gasteiger partial charge in [-0.05, 0) is 12.8 Å². The summed E-state index contributed by atoms with van der Waals surface area (Å²) >= 11 is 0. The van der Waals surface area contributed by atoms with Crippen LogP contribution in [-0.4, -0.2) is 21.1 Å². The smallest absolute Gasteiger partial charge is 0.170 e. The Hall–Kier alpha value is -1.71. The quantitative estimate of drug-likeness (QED) is 0.537. The molecule has 0 amide bonds. The van der Waals surface area contributed by atoms with Crippen molar-refractivity contribution in [3.63, 3.8) is 0 Å². The van der Waals surface area contributed by atoms with E-state index in [0.717, 1.165) is 25.3 Å². The molecule has 0 spiro atoms. The first kappa shape index (κ1) is 14.4. The average Bonchev–Trinajstić information content (AvgIpc) is 2.32. The van der Waals surface area contributed by atoms with Crippen molar-refractivity contribution in [2.45, 2.75) is 46.0 Å². The van der Waals surface area contributed by atoms with Crippen LogP contribution in [0.25, 0.3) is 0 Å². The lowest BCUT2D eigenvalue weighted by Crippen LogP contribution is -2.01. The number of rotatable bonds is 6. The van der Waals surface area contributed by atoms with Gasteiger partial charge in [0.1, 0.15) is 22.8 Å². The molecule has 0 fully saturated rings. The SMILES string of the molecule is CCCCCc1c(O)cc(O)c(C(=O)CC)c1O. The molecule has 0 aliphatic heterocycles. The minimum absolute atomic E-state index is 0.0817. The molecule has 18 heavy (non-hydrogen) atoms. The van der Waals surface area contributed by atoms with Gasteiger partial charge in [-0.3, -0.25) is 4.79 Å². The van der Waals surface area contributed by atoms with Gasteiger partial charge in [0.05, 0.1) is 0 Å². The van der Waals surface area contributed by atoms with E-state index in [-0.39, 0.29) is 35.0 Å². The van der Waals surface area contributed by atoms with Crippen molar-refractivity contribution in [1.29, 1.82) is 0 Å². The van der Waals surface area contributed by atoms with Crippen LogP contribution in [0, 0.1) is 0 Å². The van der Waals surface area contributed by atoms with Crippen molar-refractivity contribution >= 4 is 5.78 Å². The molecule has 0 saturated heterocycles. The van der Waals surface area contributed by atoms with Crippen molar-refractivity contribution in [3.8, 4) is 17.2 Å². The van der Waals surface area contributed by atoms with Crippen LogP contribution in [-0.2, 0) is 6.42 Å². The van der Waals surface area contributed by atoms with Gasteiger partial charge in [-0.1, -0.05) is 26.7 Å². The standard InChI is InChI=1S/C14H20O4/c1-3-5-6-7-9-11(16)8-12(17)13(14(9)18)10(15)4-2/h8,16-18H,3-7H2,1-2H3. The summed E-state index contributed by atoms with van der Waals surface area (Å²) in [5.41, 5.74) is 0.264. The van der Waals surface area contributed by atoms with Crippen LogP contribution < -0.4 is 0 Å². The normalized spacial score (nSPS) is 10.6. The van der Waals surface area contributed by atoms with Gasteiger partial charge in [0.2, 0.25) is 0 Å². The van der Waals surface area contributed by atoms with Crippen molar-refractivity contribution in [1.82, 2.24) is 0 Å². The summed E-state index contributed by atoms with van der Waals surface area (Å²) in [6.07, 6.45) is 3.52. The summed E-state index contributed by atoms with van der Waals surface area (Å²) < 4.78 is 0. The topological polar surface area (TPSA) is 77.8 Å². The average molecular weight is 252 g/mol. The summed E-state index contributed by atoms with van der Waals surface area (Å²) in [5.74, 6) is -1.14. The summed E-state index contributed by atoms with van der Waals surface area (Å²) in [6, 6.07) is 1.13. The van der Waals surface area contributed by atoms with Gasteiger partial charge in [-0.25, -0.2) is 0 Å². The maximum Gasteiger partial charge on any atom is 0.170 e. The van der Waals surface area contributed by atoms with Crippen molar-refractivity contribution < 1.29 is 20.1 Å². The fourth-order valence-corrected chi connectivity index (χ4v) is 1.93. The Morgan fingerprint density at radius 1 is 1.11 bits per heavy atom. The zero-order chi connectivity index (χ0) is 13.7. The van der Waals surface area contributed by atoms with Gasteiger partial charge in [-0.15, -0.1) is 0 Å². The summed E-state index contributed by atoms with van der Waals surface area (Å²) in [4.78, 5) is 11.6. The van der Waals surface area contributed by atoms with E-state index in [1.54, 1.807) is 6.92 Å². The Morgan fingerprint density at radius 2 is 1.78 bits per heavy atom. The highest BCUT2D eigenvalue weighted by atomic mass is 16.3. The molecule has 1 rings (SSSR count). The minimum Gasteiger partial charge on any atom is -0.507 e. The van der Waals surface area contributed by atoms with Crippen LogP contribution >= 0.6 is 0 Å². The van der Waals surface area contributed by atoms with Crippen molar-refractivity contribution in [2.24, 2.45) is 0 Å². The van der Waals surface area contributed by atoms with Gasteiger partial charge in [0, 0.05) is 18.1 Å². The fourth-order valence-electron chi connectivity index (χ4n) is 1.93. The first-order chi connectivity index (χ1) is 8.52. The van der Waals surface area contributed by atoms with E-state index in [9.17, 15) is 20.1 Å². The Balaban J connectivity index is 3.14. The third kappa shape index (κ3) is 2.94. The molecule has 0 saturated carbocycles. The highest BCUT2D eigenvalue weighted by molar-refractivity contribution is 6.01. The van der Waals surface area contributed by atoms with Gasteiger partial charge >= 0.3 is 0 Å². The molecule has 0 atom stereocenters. The van der Waals surface area contributed by atoms with Crippen LogP contribution in [0.1, 0.15) is 55.5 Å². The Labute approximate surface area is 107 Å². The molecule has 1 aromatic rings. The van der Waals surface area contributed by atoms with Gasteiger partial charge < -0.3 is 15.3 Å². The second-order valence-electron chi connectivity index (χ2n) is 4.35. The lowest BCUT2D eigenvalue weighted by atomic mass is 9.98. The highest BCUT2D eigenvalue weighted by Gasteiger charge is 2.21. The van der Waals surface area contributed by atoms with Gasteiger partial charge in [-0.2, -0.15) is 0 Å². The first-order valence-electron chi connectivity index (χ1n) is 6.32. The molecule has 0 aromatic heterocycles. The first-order valence-corrected chi connectivity index (χ1v) is 6.32. The van der Waals surface area contributed by atoms with Gasteiger partial charge in [0.15, 0.2) is 5.78 Å². The van der Waals surface area contributed by atoms with E-state index in [2.05, 4.69) is 6.92 Å². The summed E-state index contributed by atoms with van der Waals surface area (Å²) in [5, 5.41) is 29.4. The number of hydrogen-bond acceptors (Lipinski definition) is 4. The molecule has 0 unspecified atom stereocenters. The minimum atomic E-state index is -0.365. The zero-order valence-electron chi connectivity index (χ0n) is 10.9. The largest absolute Gasteiger partial charge is 0.507 e. The number of phenols is 3. The molecule has 1 aromatic carbocycles. The number of hydrogen-bond donors (Lipinski definition) is 3. The van der Waals surface area contributed by atoms with E-state index >= 15 is 0 Å². The van der Waals surface area contributed by atoms with Crippen LogP contribution in [0.5, 0.6) is 17.2 Å². The molecule has 0 heterocycles. The molecule has 4 heteroatoms. The third-order valence-corrected chi connectivity index (χ3v) is 2.99. The second kappa shape index (κ2) is 6.28. The zero-order valence-corrected chi connectivity index (χ0v) is 10.9. The van der Waals surface area contributed by atoms with E-state index in [0.29, 0.717) is 12.0 Å². The van der Waals surface area contributed by atoms with Crippen LogP contribution in [0.2, 0.25) is 0 Å². The fraction of sp³-hybridized carbons (Fsp3) is 0.500. The number of aromatic hydroxyl groups is 3. The molecule has 0 aliphatic carbocycles. The number of carbonyl (C=O) groups excluding carboxylic acids is 1. The lowest BCUT2D eigenvalue weighted by molar-refractivity contribution is 0.0982. The molecule has 4 nitrogen and oxygen atoms in total. The predicted molar refractivity (Wildman–Crippen MR) is 69.3 cm³/mol. The maximum absolute atomic E-state index is 11.6. The monoisotopic (exact) mass is 252 g/mol. The second-order valence-corrected chi connectivity index (χ2v) is 4.35. The molecule has 3 N–H and O–H groups in total. The molecular weight excluding hydrogens is 232 g/mol. The van der Waals surface area contributed by atoms with E-state index < -0.39 is 0 Å². The van der Waals surface area contributed by atoms with Crippen LogP contribution in [0.3, 0.4) is 0 Å². The van der Waals surface area contributed by atoms with E-state index in [1.807, 2.05) is 0 Å². The summed E-state index contributed by atoms with van der Waals surface area (Å²) in [7, 11) is 0. The number of unbranched alkanes of at least 4 members (excludes halogenated alkanes) is 2. The number of ketones is 1. The number of Topliss-reactive ketones (excluding diaryl/α,β-unsaturated/α-hetero) is 1. The number of carbonyl (C=O) groups is 1. The summed E-state index contributed by atoms with van der Waals surface area (Å²) in [6.45, 7) is 3.72. The van der Waals surface area contributed by atoms with E-state index in [1.165, 1.54) is 0 Å². The maximum atomic E-state index is 11.6.